The van der Waals surface area contributed by atoms with Gasteiger partial charge in [-0.05, 0) is 62.6 Å². The van der Waals surface area contributed by atoms with Gasteiger partial charge in [0.2, 0.25) is 12.5 Å². The van der Waals surface area contributed by atoms with Crippen molar-refractivity contribution in [2.24, 2.45) is 5.92 Å². The molecule has 0 fully saturated rings. The summed E-state index contributed by atoms with van der Waals surface area (Å²) in [5, 5.41) is 0. The Morgan fingerprint density at radius 1 is 1.03 bits per heavy atom. The summed E-state index contributed by atoms with van der Waals surface area (Å²) in [6, 6.07) is 6.90. The Morgan fingerprint density at radius 3 is 2.11 bits per heavy atom. The summed E-state index contributed by atoms with van der Waals surface area (Å²) < 4.78 is 33.4. The molecule has 0 amide bonds. The van der Waals surface area contributed by atoms with Crippen molar-refractivity contribution in [3.8, 4) is 28.7 Å². The summed E-state index contributed by atoms with van der Waals surface area (Å²) in [5.41, 5.74) is 0.902. The molecule has 0 unspecified atom stereocenters. The van der Waals surface area contributed by atoms with Crippen molar-refractivity contribution >= 4 is 12.3 Å². The van der Waals surface area contributed by atoms with Crippen molar-refractivity contribution < 1.29 is 38.0 Å². The Hall–Kier alpha value is -3.68. The first-order chi connectivity index (χ1) is 16.7. The third-order valence-electron chi connectivity index (χ3n) is 5.62. The maximum atomic E-state index is 13.5. The average Bonchev–Trinajstić information content (AvgIpc) is 3.28. The van der Waals surface area contributed by atoms with Crippen LogP contribution in [0.5, 0.6) is 28.7 Å². The van der Waals surface area contributed by atoms with E-state index in [2.05, 4.69) is 6.58 Å². The molecule has 0 saturated heterocycles. The molecule has 1 aliphatic heterocycles. The topological polar surface area (TPSA) is 89.5 Å². The predicted molar refractivity (Wildman–Crippen MR) is 130 cm³/mol. The molecule has 0 N–H and O–H groups in total. The van der Waals surface area contributed by atoms with E-state index in [0.29, 0.717) is 51.9 Å². The van der Waals surface area contributed by atoms with E-state index < -0.39 is 23.4 Å². The van der Waals surface area contributed by atoms with Crippen molar-refractivity contribution in [3.63, 3.8) is 0 Å². The molecule has 0 radical (unpaired) electrons. The van der Waals surface area contributed by atoms with E-state index in [9.17, 15) is 9.59 Å². The fourth-order valence-corrected chi connectivity index (χ4v) is 4.18. The maximum absolute atomic E-state index is 13.5. The molecule has 8 nitrogen and oxygen atoms in total. The molecule has 188 valence electrons. The molecule has 2 aromatic rings. The fraction of sp³-hybridized carbons (Fsp3) is 0.407. The van der Waals surface area contributed by atoms with Crippen molar-refractivity contribution in [1.29, 1.82) is 0 Å². The summed E-state index contributed by atoms with van der Waals surface area (Å²) in [7, 11) is 4.55. The second-order valence-corrected chi connectivity index (χ2v) is 9.05. The largest absolute Gasteiger partial charge is 0.493 e. The van der Waals surface area contributed by atoms with Gasteiger partial charge in [-0.3, -0.25) is 9.59 Å². The molecule has 0 aromatic heterocycles. The van der Waals surface area contributed by atoms with Gasteiger partial charge in [0.05, 0.1) is 27.2 Å². The van der Waals surface area contributed by atoms with Gasteiger partial charge in [0.25, 0.3) is 0 Å². The van der Waals surface area contributed by atoms with Crippen molar-refractivity contribution in [3.05, 3.63) is 53.6 Å². The smallest absolute Gasteiger partial charge is 0.310 e. The Balaban J connectivity index is 2.31. The number of carbonyl (C=O) groups is 2. The van der Waals surface area contributed by atoms with E-state index in [1.165, 1.54) is 21.3 Å². The number of hydrogen-bond acceptors (Lipinski definition) is 8. The highest BCUT2D eigenvalue weighted by atomic mass is 16.7. The minimum Gasteiger partial charge on any atom is -0.493 e. The van der Waals surface area contributed by atoms with E-state index in [1.54, 1.807) is 30.3 Å². The molecular formula is C27H32O8. The van der Waals surface area contributed by atoms with Gasteiger partial charge in [-0.2, -0.15) is 0 Å². The van der Waals surface area contributed by atoms with E-state index in [-0.39, 0.29) is 6.79 Å². The number of carbonyl (C=O) groups excluding carboxylic acids is 2. The SMILES string of the molecule is C=CC[C@@H](C(=O)OC(C)(C)C)[C@@H](c1cc(OC)c(OC)c(OC)c1)c1cc2c(cc1C=O)OCO2. The molecule has 1 heterocycles. The molecular weight excluding hydrogens is 452 g/mol. The lowest BCUT2D eigenvalue weighted by Gasteiger charge is -2.31. The third kappa shape index (κ3) is 5.53. The van der Waals surface area contributed by atoms with Crippen molar-refractivity contribution in [2.75, 3.05) is 28.1 Å². The van der Waals surface area contributed by atoms with Gasteiger partial charge in [-0.25, -0.2) is 0 Å². The third-order valence-corrected chi connectivity index (χ3v) is 5.62. The number of hydrogen-bond donors (Lipinski definition) is 0. The molecule has 0 spiro atoms. The van der Waals surface area contributed by atoms with E-state index >= 15 is 0 Å². The van der Waals surface area contributed by atoms with Gasteiger partial charge in [-0.15, -0.1) is 6.58 Å². The lowest BCUT2D eigenvalue weighted by Crippen LogP contribution is -2.32. The van der Waals surface area contributed by atoms with Crippen molar-refractivity contribution in [2.45, 2.75) is 38.7 Å². The number of rotatable bonds is 10. The van der Waals surface area contributed by atoms with Gasteiger partial charge in [0.1, 0.15) is 11.9 Å². The predicted octanol–water partition coefficient (Wildman–Crippen LogP) is 4.92. The normalized spacial score (nSPS) is 14.0. The summed E-state index contributed by atoms with van der Waals surface area (Å²) in [5.74, 6) is 0.437. The van der Waals surface area contributed by atoms with E-state index in [1.807, 2.05) is 20.8 Å². The Kier molecular flexibility index (Phi) is 7.94. The summed E-state index contributed by atoms with van der Waals surface area (Å²) in [6.45, 7) is 9.32. The van der Waals surface area contributed by atoms with Gasteiger partial charge in [-0.1, -0.05) is 6.08 Å². The van der Waals surface area contributed by atoms with Crippen LogP contribution in [0.2, 0.25) is 0 Å². The van der Waals surface area contributed by atoms with Gasteiger partial charge in [0, 0.05) is 11.5 Å². The zero-order valence-electron chi connectivity index (χ0n) is 21.0. The molecule has 2 aromatic carbocycles. The molecule has 35 heavy (non-hydrogen) atoms. The highest BCUT2D eigenvalue weighted by Crippen LogP contribution is 2.47. The first kappa shape index (κ1) is 25.9. The number of ether oxygens (including phenoxy) is 6. The first-order valence-corrected chi connectivity index (χ1v) is 11.2. The Morgan fingerprint density at radius 2 is 1.63 bits per heavy atom. The Labute approximate surface area is 205 Å². The number of allylic oxidation sites excluding steroid dienone is 1. The monoisotopic (exact) mass is 484 g/mol. The zero-order valence-corrected chi connectivity index (χ0v) is 21.0. The standard InChI is InChI=1S/C27H32O8/c1-8-9-18(26(29)35-27(2,3)4)24(16-10-22(30-5)25(32-7)23(11-16)31-6)19-13-21-20(33-15-34-21)12-17(19)14-28/h8,10-14,18,24H,1,9,15H2,2-7H3/t18-,24-/m1/s1. The molecule has 0 aliphatic carbocycles. The summed E-state index contributed by atoms with van der Waals surface area (Å²) >= 11 is 0. The second kappa shape index (κ2) is 10.7. The quantitative estimate of drug-likeness (QED) is 0.267. The lowest BCUT2D eigenvalue weighted by atomic mass is 9.77. The van der Waals surface area contributed by atoms with Gasteiger partial charge < -0.3 is 28.4 Å². The van der Waals surface area contributed by atoms with Gasteiger partial charge in [0.15, 0.2) is 23.0 Å². The first-order valence-electron chi connectivity index (χ1n) is 11.2. The van der Waals surface area contributed by atoms with Gasteiger partial charge >= 0.3 is 5.97 Å². The molecule has 8 heteroatoms. The number of esters is 1. The molecule has 3 rings (SSSR count). The minimum atomic E-state index is -0.714. The van der Waals surface area contributed by atoms with Crippen LogP contribution in [0.25, 0.3) is 0 Å². The maximum Gasteiger partial charge on any atom is 0.310 e. The highest BCUT2D eigenvalue weighted by molar-refractivity contribution is 5.82. The van der Waals surface area contributed by atoms with E-state index in [0.717, 1.165) is 6.29 Å². The minimum absolute atomic E-state index is 0.0497. The van der Waals surface area contributed by atoms with Crippen LogP contribution in [0.1, 0.15) is 54.6 Å². The Bertz CT molecular complexity index is 1070. The number of aldehydes is 1. The van der Waals surface area contributed by atoms with Crippen LogP contribution >= 0.6 is 0 Å². The molecule has 2 atom stereocenters. The number of fused-ring (bicyclic) bond motifs is 1. The van der Waals surface area contributed by atoms with Crippen LogP contribution in [0.4, 0.5) is 0 Å². The lowest BCUT2D eigenvalue weighted by molar-refractivity contribution is -0.160. The van der Waals surface area contributed by atoms with Crippen molar-refractivity contribution in [1.82, 2.24) is 0 Å². The molecule has 0 bridgehead atoms. The average molecular weight is 485 g/mol. The summed E-state index contributed by atoms with van der Waals surface area (Å²) in [6.07, 6.45) is 2.69. The number of methoxy groups -OCH3 is 3. The molecule has 0 saturated carbocycles. The van der Waals surface area contributed by atoms with Crippen LogP contribution in [-0.4, -0.2) is 46.0 Å². The fourth-order valence-electron chi connectivity index (χ4n) is 4.18. The van der Waals surface area contributed by atoms with Crippen LogP contribution in [0.3, 0.4) is 0 Å². The number of benzene rings is 2. The summed E-state index contributed by atoms with van der Waals surface area (Å²) in [4.78, 5) is 25.7. The van der Waals surface area contributed by atoms with E-state index in [4.69, 9.17) is 28.4 Å². The second-order valence-electron chi connectivity index (χ2n) is 9.05. The zero-order chi connectivity index (χ0) is 25.8. The van der Waals surface area contributed by atoms with Crippen LogP contribution in [0, 0.1) is 5.92 Å². The highest BCUT2D eigenvalue weighted by Gasteiger charge is 2.37. The molecule has 1 aliphatic rings. The van der Waals surface area contributed by atoms with Crippen LogP contribution < -0.4 is 23.7 Å². The van der Waals surface area contributed by atoms with Crippen LogP contribution in [0.15, 0.2) is 36.9 Å². The van der Waals surface area contributed by atoms with Crippen LogP contribution in [-0.2, 0) is 9.53 Å².